The second-order valence-corrected chi connectivity index (χ2v) is 21.8. The predicted molar refractivity (Wildman–Crippen MR) is 389 cm³/mol. The molecule has 3 N–H and O–H groups in total. The van der Waals surface area contributed by atoms with E-state index in [9.17, 15) is 14.4 Å². The van der Waals surface area contributed by atoms with E-state index in [1.54, 1.807) is 81.4 Å². The normalized spacial score (nSPS) is 9.63. The van der Waals surface area contributed by atoms with Crippen LogP contribution in [0.5, 0.6) is 0 Å². The molecule has 0 unspecified atom stereocenters. The Morgan fingerprint density at radius 2 is 0.832 bits per heavy atom. The van der Waals surface area contributed by atoms with Crippen LogP contribution in [0.15, 0.2) is 281 Å². The number of hydrogen-bond acceptors (Lipinski definition) is 14. The van der Waals surface area contributed by atoms with Crippen LogP contribution in [-0.4, -0.2) is 112 Å². The second kappa shape index (κ2) is 46.2. The minimum atomic E-state index is -0.990. The van der Waals surface area contributed by atoms with Crippen LogP contribution in [0.2, 0.25) is 0 Å². The molecule has 5 radical (unpaired) electrons. The van der Waals surface area contributed by atoms with E-state index in [2.05, 4.69) is 159 Å². The summed E-state index contributed by atoms with van der Waals surface area (Å²) in [6.07, 6.45) is 37.1. The van der Waals surface area contributed by atoms with Crippen LogP contribution in [0.4, 0.5) is 0 Å². The molecule has 0 fully saturated rings. The summed E-state index contributed by atoms with van der Waals surface area (Å²) in [6.45, 7) is 4.26. The molecular weight excluding hydrogens is 2240 g/mol. The van der Waals surface area contributed by atoms with Crippen LogP contribution < -0.4 is 0 Å². The molecule has 0 spiro atoms. The molecule has 0 atom stereocenters. The SMILES string of the molecule is Cc1cccc(C)c1-n1c[c-]c(-c2ccccn2)c1.Cn1[c-]c(-c2cc3ccccc3cn2)cn1.Cn1[c-]c(-c2ccccn2)cc1.Cn1[c-]c(-c2ccccn2)cn1.Cn1cc(-c2nccc3ccccc23)[c-]n1.O=C(O)c1ccccn1.O=C(O)c1ccccn1.O=C(O)c1ccccn1.[Ir].[Ir].[Ir].[Ir].[Ir]. The van der Waals surface area contributed by atoms with Gasteiger partial charge in [-0.25, -0.2) is 29.3 Å². The average molecular weight is 2310 g/mol. The molecule has 0 aliphatic heterocycles. The van der Waals surface area contributed by atoms with Gasteiger partial charge in [-0.1, -0.05) is 177 Å². The summed E-state index contributed by atoms with van der Waals surface area (Å²) in [7, 11) is 7.52. The van der Waals surface area contributed by atoms with Crippen molar-refractivity contribution in [3.05, 3.63) is 340 Å². The number of aromatic nitrogens is 16. The van der Waals surface area contributed by atoms with Gasteiger partial charge in [-0.05, 0) is 149 Å². The van der Waals surface area contributed by atoms with Crippen molar-refractivity contribution in [2.24, 2.45) is 28.2 Å². The number of fused-ring (bicyclic) bond motifs is 2. The zero-order valence-electron chi connectivity index (χ0n) is 57.9. The van der Waals surface area contributed by atoms with Gasteiger partial charge in [0.1, 0.15) is 17.1 Å². The summed E-state index contributed by atoms with van der Waals surface area (Å²) in [6, 6.07) is 63.9. The third-order valence-electron chi connectivity index (χ3n) is 14.3. The van der Waals surface area contributed by atoms with Crippen LogP contribution in [0, 0.1) is 44.7 Å². The first-order chi connectivity index (χ1) is 49.6. The van der Waals surface area contributed by atoms with E-state index in [-0.39, 0.29) is 118 Å². The summed E-state index contributed by atoms with van der Waals surface area (Å²) in [5, 5.41) is 41.8. The number of para-hydroxylation sites is 1. The zero-order chi connectivity index (χ0) is 72.0. The van der Waals surface area contributed by atoms with Crippen molar-refractivity contribution in [3.63, 3.8) is 0 Å². The van der Waals surface area contributed by atoms with Crippen molar-refractivity contribution in [1.82, 2.24) is 78.3 Å². The van der Waals surface area contributed by atoms with Gasteiger partial charge in [-0.3, -0.25) is 15.3 Å². The van der Waals surface area contributed by atoms with Crippen molar-refractivity contribution in [2.75, 3.05) is 0 Å². The van der Waals surface area contributed by atoms with Gasteiger partial charge in [-0.2, -0.15) is 12.1 Å². The smallest absolute Gasteiger partial charge is 0.354 e. The average Bonchev–Trinajstić information content (AvgIpc) is 1.80. The van der Waals surface area contributed by atoms with Crippen molar-refractivity contribution < 1.29 is 130 Å². The third-order valence-corrected chi connectivity index (χ3v) is 14.3. The van der Waals surface area contributed by atoms with Gasteiger partial charge < -0.3 is 63.4 Å². The number of hydrogen-bond donors (Lipinski definition) is 3. The first kappa shape index (κ1) is 88.6. The summed E-state index contributed by atoms with van der Waals surface area (Å²) < 4.78 is 9.05. The molecule has 0 bridgehead atoms. The Morgan fingerprint density at radius 3 is 1.25 bits per heavy atom. The van der Waals surface area contributed by atoms with E-state index in [1.165, 1.54) is 64.4 Å². The molecule has 0 aliphatic rings. The molecule has 16 rings (SSSR count). The number of aromatic carboxylic acids is 3. The van der Waals surface area contributed by atoms with Crippen LogP contribution in [0.3, 0.4) is 0 Å². The molecule has 0 aliphatic carbocycles. The predicted octanol–water partition coefficient (Wildman–Crippen LogP) is 14.3. The van der Waals surface area contributed by atoms with E-state index in [1.807, 2.05) is 155 Å². The van der Waals surface area contributed by atoms with Crippen molar-refractivity contribution in [3.8, 4) is 62.0 Å². The maximum absolute atomic E-state index is 10.1. The first-order valence-electron chi connectivity index (χ1n) is 31.4. The maximum Gasteiger partial charge on any atom is 0.354 e. The number of pyridine rings is 8. The van der Waals surface area contributed by atoms with Gasteiger partial charge >= 0.3 is 17.9 Å². The topological polar surface area (TPSA) is 278 Å². The molecule has 13 heterocycles. The molecular formula is C80H67Ir5N16O6-5. The van der Waals surface area contributed by atoms with E-state index in [4.69, 9.17) is 15.3 Å². The fraction of sp³-hybridized carbons (Fsp3) is 0.0750. The van der Waals surface area contributed by atoms with E-state index in [0.717, 1.165) is 67.1 Å². The van der Waals surface area contributed by atoms with Gasteiger partial charge in [0.15, 0.2) is 0 Å². The largest absolute Gasteiger partial charge is 0.477 e. The standard InChI is InChI=1S/C17H15N2.2C13H10N3.C10H9N2.C9H8N3.3C6H5NO2.5Ir/c1-13-6-5-7-14(2)17(13)19-11-9-15(12-19)16-8-3-4-10-18-16;1-16-9-12(8-15-16)13-6-10-4-2-3-5-11(10)7-14-13;1-16-9-11(8-15-16)13-12-5-3-2-4-10(12)6-7-14-13;1-12-7-5-9(8-12)10-4-2-3-6-11-10;1-12-7-8(6-11-12)9-4-2-3-5-10-9;3*8-6(9)5-3-1-2-4-7-5;;;;;/h3-8,10-12H,1-2H3;2-8H,1H3;2-7,9H,1H3;2-7H,1H3;2-6H,1H3;3*1-4H,(H,8,9);;;;;/q5*-1;;;;;;;;. The summed E-state index contributed by atoms with van der Waals surface area (Å²) in [5.74, 6) is -2.97. The number of rotatable bonds is 9. The van der Waals surface area contributed by atoms with Gasteiger partial charge in [-0.15, -0.1) is 34.0 Å². The van der Waals surface area contributed by atoms with E-state index < -0.39 is 17.9 Å². The Bertz CT molecular complexity index is 5050. The second-order valence-electron chi connectivity index (χ2n) is 21.8. The fourth-order valence-electron chi connectivity index (χ4n) is 9.52. The number of benzene rings is 3. The molecule has 107 heavy (non-hydrogen) atoms. The maximum atomic E-state index is 10.1. The third kappa shape index (κ3) is 27.6. The van der Waals surface area contributed by atoms with Gasteiger partial charge in [0.2, 0.25) is 0 Å². The number of carboxylic acid groups (broad SMARTS) is 3. The zero-order valence-corrected chi connectivity index (χ0v) is 69.9. The fourth-order valence-corrected chi connectivity index (χ4v) is 9.52. The summed E-state index contributed by atoms with van der Waals surface area (Å²) in [4.78, 5) is 62.7. The molecule has 0 saturated carbocycles. The van der Waals surface area contributed by atoms with Crippen molar-refractivity contribution >= 4 is 39.5 Å². The first-order valence-corrected chi connectivity index (χ1v) is 31.4. The number of aryl methyl sites for hydroxylation is 6. The van der Waals surface area contributed by atoms with Gasteiger partial charge in [0, 0.05) is 177 Å². The van der Waals surface area contributed by atoms with Crippen molar-refractivity contribution in [1.29, 1.82) is 0 Å². The van der Waals surface area contributed by atoms with E-state index >= 15 is 0 Å². The Labute approximate surface area is 686 Å². The molecule has 13 aromatic heterocycles. The minimum absolute atomic E-state index is 0. The van der Waals surface area contributed by atoms with Crippen LogP contribution in [0.1, 0.15) is 42.6 Å². The summed E-state index contributed by atoms with van der Waals surface area (Å²) in [5.41, 5.74) is 13.5. The van der Waals surface area contributed by atoms with Crippen LogP contribution >= 0.6 is 0 Å². The molecule has 553 valence electrons. The Hall–Kier alpha value is -10.8. The van der Waals surface area contributed by atoms with Gasteiger partial charge in [0.05, 0.1) is 0 Å². The quantitative estimate of drug-likeness (QED) is 0.113. The Balaban J connectivity index is 0.000000260. The number of carboxylic acids is 3. The molecule has 3 aromatic carbocycles. The number of nitrogens with zero attached hydrogens (tertiary/aromatic N) is 16. The molecule has 16 aromatic rings. The summed E-state index contributed by atoms with van der Waals surface area (Å²) >= 11 is 0. The Morgan fingerprint density at radius 1 is 0.383 bits per heavy atom. The van der Waals surface area contributed by atoms with Crippen LogP contribution in [-0.2, 0) is 129 Å². The Kier molecular flexibility index (Phi) is 38.3. The van der Waals surface area contributed by atoms with E-state index in [0.29, 0.717) is 0 Å². The molecule has 27 heteroatoms. The number of carbonyl (C=O) groups is 3. The monoisotopic (exact) mass is 2310 g/mol. The van der Waals surface area contributed by atoms with Crippen molar-refractivity contribution in [2.45, 2.75) is 13.8 Å². The van der Waals surface area contributed by atoms with Gasteiger partial charge in [0.25, 0.3) is 0 Å². The minimum Gasteiger partial charge on any atom is -0.477 e. The molecule has 22 nitrogen and oxygen atoms in total. The molecule has 0 amide bonds. The molecule has 0 saturated heterocycles. The van der Waals surface area contributed by atoms with Crippen LogP contribution in [0.25, 0.3) is 83.5 Å².